The minimum Gasteiger partial charge on any atom is -0.313 e. The fraction of sp³-hybridized carbons (Fsp3) is 0.444. The zero-order chi connectivity index (χ0) is 15.0. The highest BCUT2D eigenvalue weighted by atomic mass is 15.1. The average Bonchev–Trinajstić information content (AvgIpc) is 2.40. The maximum atomic E-state index is 3.84. The first-order valence-corrected chi connectivity index (χ1v) is 7.21. The quantitative estimate of drug-likeness (QED) is 0.690. The van der Waals surface area contributed by atoms with Crippen molar-refractivity contribution in [3.63, 3.8) is 0 Å². The standard InChI is InChI=1S/C18H28N2/c1-6-13-20(14-7-2)15-18(3,4)17(19-5)16-11-9-8-10-12-16/h6-12,17,19H,1-2,13-15H2,3-5H3. The van der Waals surface area contributed by atoms with Gasteiger partial charge in [0.2, 0.25) is 0 Å². The fourth-order valence-electron chi connectivity index (χ4n) is 2.89. The van der Waals surface area contributed by atoms with Gasteiger partial charge in [0.05, 0.1) is 0 Å². The summed E-state index contributed by atoms with van der Waals surface area (Å²) in [6.45, 7) is 15.1. The molecule has 0 aromatic heterocycles. The molecule has 1 aromatic carbocycles. The van der Waals surface area contributed by atoms with Crippen LogP contribution in [0.1, 0.15) is 25.5 Å². The molecule has 1 atom stereocenters. The predicted molar refractivity (Wildman–Crippen MR) is 88.9 cm³/mol. The van der Waals surface area contributed by atoms with Crippen molar-refractivity contribution < 1.29 is 0 Å². The Morgan fingerprint density at radius 1 is 1.15 bits per heavy atom. The molecule has 0 fully saturated rings. The van der Waals surface area contributed by atoms with Crippen molar-refractivity contribution in [1.82, 2.24) is 10.2 Å². The summed E-state index contributed by atoms with van der Waals surface area (Å²) in [5, 5.41) is 3.47. The van der Waals surface area contributed by atoms with Crippen molar-refractivity contribution in [1.29, 1.82) is 0 Å². The second kappa shape index (κ2) is 8.03. The topological polar surface area (TPSA) is 15.3 Å². The number of nitrogens with one attached hydrogen (secondary N) is 1. The van der Waals surface area contributed by atoms with E-state index >= 15 is 0 Å². The molecule has 0 aliphatic carbocycles. The smallest absolute Gasteiger partial charge is 0.0381 e. The number of nitrogens with zero attached hydrogens (tertiary/aromatic N) is 1. The molecule has 0 heterocycles. The lowest BCUT2D eigenvalue weighted by Crippen LogP contribution is -2.42. The lowest BCUT2D eigenvalue weighted by Gasteiger charge is -2.38. The summed E-state index contributed by atoms with van der Waals surface area (Å²) in [4.78, 5) is 2.37. The summed E-state index contributed by atoms with van der Waals surface area (Å²) >= 11 is 0. The van der Waals surface area contributed by atoms with Crippen LogP contribution in [-0.2, 0) is 0 Å². The van der Waals surface area contributed by atoms with Crippen LogP contribution in [-0.4, -0.2) is 31.6 Å². The second-order valence-electron chi connectivity index (χ2n) is 5.89. The highest BCUT2D eigenvalue weighted by Crippen LogP contribution is 2.33. The van der Waals surface area contributed by atoms with Gasteiger partial charge in [-0.15, -0.1) is 13.2 Å². The third kappa shape index (κ3) is 4.62. The Morgan fingerprint density at radius 2 is 1.70 bits per heavy atom. The van der Waals surface area contributed by atoms with E-state index in [9.17, 15) is 0 Å². The molecule has 0 bridgehead atoms. The summed E-state index contributed by atoms with van der Waals surface area (Å²) in [6.07, 6.45) is 3.91. The van der Waals surface area contributed by atoms with Crippen LogP contribution in [0.3, 0.4) is 0 Å². The van der Waals surface area contributed by atoms with E-state index in [1.807, 2.05) is 19.2 Å². The molecule has 0 amide bonds. The first-order chi connectivity index (χ1) is 9.55. The molecule has 0 saturated heterocycles. The van der Waals surface area contributed by atoms with Crippen LogP contribution < -0.4 is 5.32 Å². The maximum Gasteiger partial charge on any atom is 0.0381 e. The summed E-state index contributed by atoms with van der Waals surface area (Å²) in [5.41, 5.74) is 1.44. The fourth-order valence-corrected chi connectivity index (χ4v) is 2.89. The zero-order valence-electron chi connectivity index (χ0n) is 13.1. The van der Waals surface area contributed by atoms with E-state index in [2.05, 4.69) is 67.6 Å². The van der Waals surface area contributed by atoms with Crippen LogP contribution >= 0.6 is 0 Å². The van der Waals surface area contributed by atoms with Crippen LogP contribution in [0, 0.1) is 5.41 Å². The van der Waals surface area contributed by atoms with Gasteiger partial charge in [-0.3, -0.25) is 4.90 Å². The van der Waals surface area contributed by atoms with Crippen molar-refractivity contribution in [2.75, 3.05) is 26.7 Å². The molecule has 0 radical (unpaired) electrons. The van der Waals surface area contributed by atoms with Gasteiger partial charge >= 0.3 is 0 Å². The van der Waals surface area contributed by atoms with Crippen molar-refractivity contribution in [2.24, 2.45) is 5.41 Å². The van der Waals surface area contributed by atoms with Gasteiger partial charge in [0.15, 0.2) is 0 Å². The van der Waals surface area contributed by atoms with Gasteiger partial charge < -0.3 is 5.32 Å². The molecule has 0 saturated carbocycles. The molecule has 2 nitrogen and oxygen atoms in total. The molecule has 110 valence electrons. The number of hydrogen-bond acceptors (Lipinski definition) is 2. The first-order valence-electron chi connectivity index (χ1n) is 7.21. The van der Waals surface area contributed by atoms with Gasteiger partial charge in [-0.05, 0) is 18.0 Å². The van der Waals surface area contributed by atoms with Crippen molar-refractivity contribution >= 4 is 0 Å². The number of rotatable bonds is 9. The molecule has 0 aliphatic heterocycles. The molecule has 1 unspecified atom stereocenters. The van der Waals surface area contributed by atoms with Gasteiger partial charge in [-0.2, -0.15) is 0 Å². The van der Waals surface area contributed by atoms with E-state index in [0.29, 0.717) is 6.04 Å². The van der Waals surface area contributed by atoms with Crippen LogP contribution in [0.25, 0.3) is 0 Å². The van der Waals surface area contributed by atoms with Crippen LogP contribution in [0.15, 0.2) is 55.6 Å². The van der Waals surface area contributed by atoms with Gasteiger partial charge in [0, 0.05) is 25.7 Å². The molecule has 20 heavy (non-hydrogen) atoms. The predicted octanol–water partition coefficient (Wildman–Crippen LogP) is 3.65. The minimum atomic E-state index is 0.113. The third-order valence-electron chi connectivity index (χ3n) is 3.61. The second-order valence-corrected chi connectivity index (χ2v) is 5.89. The molecule has 2 heteroatoms. The van der Waals surface area contributed by atoms with Crippen LogP contribution in [0.4, 0.5) is 0 Å². The number of hydrogen-bond donors (Lipinski definition) is 1. The van der Waals surface area contributed by atoms with E-state index < -0.39 is 0 Å². The molecule has 0 aliphatic rings. The van der Waals surface area contributed by atoms with Crippen molar-refractivity contribution in [2.45, 2.75) is 19.9 Å². The Balaban J connectivity index is 2.88. The SMILES string of the molecule is C=CCN(CC=C)CC(C)(C)C(NC)c1ccccc1. The molecular formula is C18H28N2. The monoisotopic (exact) mass is 272 g/mol. The van der Waals surface area contributed by atoms with Gasteiger partial charge in [-0.25, -0.2) is 0 Å². The van der Waals surface area contributed by atoms with E-state index in [1.54, 1.807) is 0 Å². The lowest BCUT2D eigenvalue weighted by molar-refractivity contribution is 0.159. The summed E-state index contributed by atoms with van der Waals surface area (Å²) in [6, 6.07) is 11.0. The van der Waals surface area contributed by atoms with Crippen molar-refractivity contribution in [3.8, 4) is 0 Å². The lowest BCUT2D eigenvalue weighted by atomic mass is 9.80. The van der Waals surface area contributed by atoms with E-state index in [1.165, 1.54) is 5.56 Å². The summed E-state index contributed by atoms with van der Waals surface area (Å²) in [5.74, 6) is 0. The Hall–Kier alpha value is -1.38. The Bertz CT molecular complexity index is 399. The average molecular weight is 272 g/mol. The number of benzene rings is 1. The zero-order valence-corrected chi connectivity index (χ0v) is 13.1. The molecule has 1 aromatic rings. The Kier molecular flexibility index (Phi) is 6.69. The largest absolute Gasteiger partial charge is 0.313 e. The van der Waals surface area contributed by atoms with Crippen LogP contribution in [0.2, 0.25) is 0 Å². The molecule has 1 N–H and O–H groups in total. The summed E-state index contributed by atoms with van der Waals surface area (Å²) in [7, 11) is 2.03. The third-order valence-corrected chi connectivity index (χ3v) is 3.61. The molecular weight excluding hydrogens is 244 g/mol. The Morgan fingerprint density at radius 3 is 2.15 bits per heavy atom. The molecule has 1 rings (SSSR count). The maximum absolute atomic E-state index is 3.84. The Labute approximate surface area is 124 Å². The van der Waals surface area contributed by atoms with Gasteiger partial charge in [0.25, 0.3) is 0 Å². The van der Waals surface area contributed by atoms with E-state index in [-0.39, 0.29) is 5.41 Å². The first kappa shape index (κ1) is 16.7. The highest BCUT2D eigenvalue weighted by molar-refractivity contribution is 5.21. The highest BCUT2D eigenvalue weighted by Gasteiger charge is 2.31. The molecule has 0 spiro atoms. The normalized spacial score (nSPS) is 13.2. The van der Waals surface area contributed by atoms with E-state index in [0.717, 1.165) is 19.6 Å². The van der Waals surface area contributed by atoms with Crippen molar-refractivity contribution in [3.05, 3.63) is 61.2 Å². The summed E-state index contributed by atoms with van der Waals surface area (Å²) < 4.78 is 0. The van der Waals surface area contributed by atoms with E-state index in [4.69, 9.17) is 0 Å². The van der Waals surface area contributed by atoms with Crippen LogP contribution in [0.5, 0.6) is 0 Å². The van der Waals surface area contributed by atoms with Gasteiger partial charge in [-0.1, -0.05) is 56.3 Å². The van der Waals surface area contributed by atoms with Gasteiger partial charge in [0.1, 0.15) is 0 Å². The minimum absolute atomic E-state index is 0.113.